The molecule has 26 heavy (non-hydrogen) atoms. The van der Waals surface area contributed by atoms with E-state index >= 15 is 0 Å². The second-order valence-electron chi connectivity index (χ2n) is 7.07. The van der Waals surface area contributed by atoms with E-state index in [9.17, 15) is 9.59 Å². The lowest BCUT2D eigenvalue weighted by Crippen LogP contribution is -2.49. The van der Waals surface area contributed by atoms with Gasteiger partial charge in [-0.2, -0.15) is 5.10 Å². The molecule has 2 aliphatic rings. The highest BCUT2D eigenvalue weighted by Gasteiger charge is 2.32. The highest BCUT2D eigenvalue weighted by atomic mass is 32.1. The van der Waals surface area contributed by atoms with Crippen LogP contribution in [0.1, 0.15) is 28.2 Å². The van der Waals surface area contributed by atoms with Crippen molar-refractivity contribution in [1.82, 2.24) is 19.6 Å². The van der Waals surface area contributed by atoms with E-state index in [-0.39, 0.29) is 17.7 Å². The van der Waals surface area contributed by atoms with Crippen LogP contribution in [-0.4, -0.2) is 70.8 Å². The number of nitrogens with zero attached hydrogens (tertiary/aromatic N) is 4. The number of piperidine rings is 1. The molecule has 0 aromatic carbocycles. The molecule has 0 N–H and O–H groups in total. The number of carbonyl (C=O) groups excluding carboxylic acids is 2. The summed E-state index contributed by atoms with van der Waals surface area (Å²) in [6.07, 6.45) is 1.73. The summed E-state index contributed by atoms with van der Waals surface area (Å²) in [5.74, 6) is 0.107. The van der Waals surface area contributed by atoms with Gasteiger partial charge in [-0.3, -0.25) is 14.3 Å². The molecule has 1 unspecified atom stereocenters. The maximum atomic E-state index is 13.0. The molecule has 1 atom stereocenters. The van der Waals surface area contributed by atoms with Crippen LogP contribution in [0.2, 0.25) is 0 Å². The molecule has 4 heterocycles. The Balaban J connectivity index is 1.48. The van der Waals surface area contributed by atoms with Crippen molar-refractivity contribution in [2.24, 2.45) is 13.0 Å². The second kappa shape index (κ2) is 7.00. The van der Waals surface area contributed by atoms with E-state index in [0.29, 0.717) is 32.8 Å². The fourth-order valence-corrected chi connectivity index (χ4v) is 4.96. The second-order valence-corrected chi connectivity index (χ2v) is 8.10. The third kappa shape index (κ3) is 3.12. The Morgan fingerprint density at radius 3 is 2.73 bits per heavy atom. The van der Waals surface area contributed by atoms with Gasteiger partial charge < -0.3 is 14.5 Å². The number of carbonyl (C=O) groups is 2. The van der Waals surface area contributed by atoms with Gasteiger partial charge in [0, 0.05) is 38.6 Å². The van der Waals surface area contributed by atoms with Crippen LogP contribution in [0.15, 0.2) is 6.07 Å². The van der Waals surface area contributed by atoms with Gasteiger partial charge in [0.1, 0.15) is 4.83 Å². The number of likely N-dealkylation sites (tertiary alicyclic amines) is 1. The van der Waals surface area contributed by atoms with Crippen molar-refractivity contribution in [3.8, 4) is 0 Å². The first kappa shape index (κ1) is 17.5. The molecule has 4 rings (SSSR count). The van der Waals surface area contributed by atoms with E-state index in [2.05, 4.69) is 5.10 Å². The SMILES string of the molecule is Cc1nn(C)c2sc(C(=O)N3CCCC(C(=O)N4CCOCC4)C3)cc12. The molecule has 2 saturated heterocycles. The molecule has 140 valence electrons. The van der Waals surface area contributed by atoms with Crippen LogP contribution in [0, 0.1) is 12.8 Å². The van der Waals surface area contributed by atoms with Gasteiger partial charge >= 0.3 is 0 Å². The Morgan fingerprint density at radius 2 is 2.00 bits per heavy atom. The number of aryl methyl sites for hydroxylation is 2. The highest BCUT2D eigenvalue weighted by molar-refractivity contribution is 7.20. The van der Waals surface area contributed by atoms with Crippen LogP contribution in [0.5, 0.6) is 0 Å². The number of hydrogen-bond acceptors (Lipinski definition) is 5. The van der Waals surface area contributed by atoms with E-state index < -0.39 is 0 Å². The van der Waals surface area contributed by atoms with Gasteiger partial charge in [-0.25, -0.2) is 0 Å². The van der Waals surface area contributed by atoms with Crippen LogP contribution < -0.4 is 0 Å². The fraction of sp³-hybridized carbons (Fsp3) is 0.611. The summed E-state index contributed by atoms with van der Waals surface area (Å²) in [5, 5.41) is 5.43. The van der Waals surface area contributed by atoms with E-state index in [1.807, 2.05) is 34.5 Å². The number of hydrogen-bond donors (Lipinski definition) is 0. The molecular formula is C18H24N4O3S. The Kier molecular flexibility index (Phi) is 4.71. The number of morpholine rings is 1. The minimum Gasteiger partial charge on any atom is -0.378 e. The largest absolute Gasteiger partial charge is 0.378 e. The molecule has 8 heteroatoms. The van der Waals surface area contributed by atoms with Crippen molar-refractivity contribution in [3.05, 3.63) is 16.6 Å². The minimum atomic E-state index is -0.0939. The van der Waals surface area contributed by atoms with Crippen molar-refractivity contribution < 1.29 is 14.3 Å². The van der Waals surface area contributed by atoms with Gasteiger partial charge in [0.2, 0.25) is 5.91 Å². The summed E-state index contributed by atoms with van der Waals surface area (Å²) < 4.78 is 7.16. The smallest absolute Gasteiger partial charge is 0.264 e. The van der Waals surface area contributed by atoms with Crippen LogP contribution in [0.25, 0.3) is 10.2 Å². The summed E-state index contributed by atoms with van der Waals surface area (Å²) in [4.78, 5) is 31.2. The molecule has 0 aliphatic carbocycles. The third-order valence-electron chi connectivity index (χ3n) is 5.29. The summed E-state index contributed by atoms with van der Waals surface area (Å²) in [5.41, 5.74) is 0.941. The van der Waals surface area contributed by atoms with Gasteiger partial charge in [-0.15, -0.1) is 11.3 Å². The Bertz CT molecular complexity index is 802. The zero-order chi connectivity index (χ0) is 18.3. The number of thiophene rings is 1. The summed E-state index contributed by atoms with van der Waals surface area (Å²) in [6, 6.07) is 1.94. The average Bonchev–Trinajstić information content (AvgIpc) is 3.23. The summed E-state index contributed by atoms with van der Waals surface area (Å²) in [7, 11) is 1.90. The van der Waals surface area contributed by atoms with Crippen LogP contribution in [0.3, 0.4) is 0 Å². The van der Waals surface area contributed by atoms with Gasteiger partial charge in [-0.05, 0) is 25.8 Å². The molecule has 2 aromatic rings. The molecule has 2 aromatic heterocycles. The first-order valence-electron chi connectivity index (χ1n) is 9.13. The van der Waals surface area contributed by atoms with E-state index in [1.54, 1.807) is 0 Å². The molecular weight excluding hydrogens is 352 g/mol. The lowest BCUT2D eigenvalue weighted by atomic mass is 9.96. The fourth-order valence-electron chi connectivity index (χ4n) is 3.87. The number of ether oxygens (including phenoxy) is 1. The predicted molar refractivity (Wildman–Crippen MR) is 99.4 cm³/mol. The van der Waals surface area contributed by atoms with Crippen molar-refractivity contribution in [1.29, 1.82) is 0 Å². The van der Waals surface area contributed by atoms with Gasteiger partial charge in [0.05, 0.1) is 29.7 Å². The first-order chi connectivity index (χ1) is 12.5. The molecule has 2 aliphatic heterocycles. The minimum absolute atomic E-state index is 0.0325. The van der Waals surface area contributed by atoms with Crippen LogP contribution >= 0.6 is 11.3 Å². The van der Waals surface area contributed by atoms with Gasteiger partial charge in [-0.1, -0.05) is 0 Å². The number of fused-ring (bicyclic) bond motifs is 1. The van der Waals surface area contributed by atoms with E-state index in [1.165, 1.54) is 11.3 Å². The van der Waals surface area contributed by atoms with Crippen molar-refractivity contribution in [3.63, 3.8) is 0 Å². The molecule has 0 spiro atoms. The van der Waals surface area contributed by atoms with E-state index in [4.69, 9.17) is 4.74 Å². The maximum absolute atomic E-state index is 13.0. The topological polar surface area (TPSA) is 67.7 Å². The van der Waals surface area contributed by atoms with Crippen molar-refractivity contribution in [2.45, 2.75) is 19.8 Å². The number of aromatic nitrogens is 2. The Hall–Kier alpha value is -1.93. The number of amides is 2. The third-order valence-corrected chi connectivity index (χ3v) is 6.48. The van der Waals surface area contributed by atoms with Crippen molar-refractivity contribution >= 4 is 33.4 Å². The quantitative estimate of drug-likeness (QED) is 0.799. The molecule has 2 amide bonds. The molecule has 2 fully saturated rings. The predicted octanol–water partition coefficient (Wildman–Crippen LogP) is 1.65. The molecule has 0 bridgehead atoms. The highest BCUT2D eigenvalue weighted by Crippen LogP contribution is 2.30. The zero-order valence-corrected chi connectivity index (χ0v) is 16.0. The van der Waals surface area contributed by atoms with Crippen LogP contribution in [-0.2, 0) is 16.6 Å². The zero-order valence-electron chi connectivity index (χ0n) is 15.2. The lowest BCUT2D eigenvalue weighted by molar-refractivity contribution is -0.141. The number of rotatable bonds is 2. The van der Waals surface area contributed by atoms with Gasteiger partial charge in [0.25, 0.3) is 5.91 Å². The molecule has 0 radical (unpaired) electrons. The molecule has 7 nitrogen and oxygen atoms in total. The summed E-state index contributed by atoms with van der Waals surface area (Å²) in [6.45, 7) is 5.73. The monoisotopic (exact) mass is 376 g/mol. The van der Waals surface area contributed by atoms with Gasteiger partial charge in [0.15, 0.2) is 0 Å². The van der Waals surface area contributed by atoms with E-state index in [0.717, 1.165) is 40.2 Å². The normalized spacial score (nSPS) is 21.4. The van der Waals surface area contributed by atoms with Crippen molar-refractivity contribution in [2.75, 3.05) is 39.4 Å². The Morgan fingerprint density at radius 1 is 1.23 bits per heavy atom. The van der Waals surface area contributed by atoms with Crippen LogP contribution in [0.4, 0.5) is 0 Å². The average molecular weight is 376 g/mol. The Labute approximate surface area is 156 Å². The summed E-state index contributed by atoms with van der Waals surface area (Å²) >= 11 is 1.48. The standard InChI is InChI=1S/C18H24N4O3S/c1-12-14-10-15(26-18(14)20(2)19-12)17(24)22-5-3-4-13(11-22)16(23)21-6-8-25-9-7-21/h10,13H,3-9,11H2,1-2H3. The first-order valence-corrected chi connectivity index (χ1v) is 9.95. The molecule has 0 saturated carbocycles. The maximum Gasteiger partial charge on any atom is 0.264 e. The lowest BCUT2D eigenvalue weighted by Gasteiger charge is -2.36.